The molecular weight excluding hydrogens is 773 g/mol. The van der Waals surface area contributed by atoms with Gasteiger partial charge in [0.1, 0.15) is 31.0 Å². The zero-order chi connectivity index (χ0) is 44.4. The van der Waals surface area contributed by atoms with Crippen LogP contribution in [0.3, 0.4) is 0 Å². The predicted octanol–water partition coefficient (Wildman–Crippen LogP) is 10.8. The van der Waals surface area contributed by atoms with Crippen LogP contribution in [0.15, 0.2) is 72.9 Å². The second kappa shape index (κ2) is 41.2. The van der Waals surface area contributed by atoms with Gasteiger partial charge in [-0.2, -0.15) is 0 Å². The molecule has 1 heterocycles. The van der Waals surface area contributed by atoms with Gasteiger partial charge in [-0.15, -0.1) is 0 Å². The zero-order valence-corrected chi connectivity index (χ0v) is 38.1. The van der Waals surface area contributed by atoms with Crippen molar-refractivity contribution in [2.75, 3.05) is 19.8 Å². The maximum absolute atomic E-state index is 12.7. The van der Waals surface area contributed by atoms with Gasteiger partial charge in [0.2, 0.25) is 0 Å². The zero-order valence-electron chi connectivity index (χ0n) is 38.1. The molecule has 0 aromatic carbocycles. The SMILES string of the molecule is CC/C=C\C/C=C\C/C=C\C/C=C\CCC(=O)OC(COC(=O)CCCCCCCCCCCCC/C=C\C/C=C\CCCCCCC)COC1OC(CO)C(O)C(O)C1O. The summed E-state index contributed by atoms with van der Waals surface area (Å²) in [4.78, 5) is 25.3. The number of carbonyl (C=O) groups is 2. The number of hydrogen-bond donors (Lipinski definition) is 4. The molecule has 0 spiro atoms. The van der Waals surface area contributed by atoms with Gasteiger partial charge in [0.05, 0.1) is 13.2 Å². The van der Waals surface area contributed by atoms with Crippen LogP contribution < -0.4 is 0 Å². The lowest BCUT2D eigenvalue weighted by Crippen LogP contribution is -2.59. The number of carbonyl (C=O) groups excluding carboxylic acids is 2. The van der Waals surface area contributed by atoms with E-state index in [1.165, 1.54) is 89.9 Å². The molecule has 4 N–H and O–H groups in total. The van der Waals surface area contributed by atoms with Crippen LogP contribution in [0.2, 0.25) is 0 Å². The predicted molar refractivity (Wildman–Crippen MR) is 247 cm³/mol. The molecule has 0 radical (unpaired) electrons. The lowest BCUT2D eigenvalue weighted by molar-refractivity contribution is -0.305. The summed E-state index contributed by atoms with van der Waals surface area (Å²) >= 11 is 0. The Hall–Kier alpha value is -2.86. The first kappa shape index (κ1) is 56.2. The van der Waals surface area contributed by atoms with E-state index in [0.29, 0.717) is 12.8 Å². The highest BCUT2D eigenvalue weighted by atomic mass is 16.7. The van der Waals surface area contributed by atoms with E-state index in [-0.39, 0.29) is 26.1 Å². The van der Waals surface area contributed by atoms with E-state index in [4.69, 9.17) is 18.9 Å². The van der Waals surface area contributed by atoms with Gasteiger partial charge in [-0.3, -0.25) is 9.59 Å². The second-order valence-corrected chi connectivity index (χ2v) is 16.2. The molecule has 10 nitrogen and oxygen atoms in total. The lowest BCUT2D eigenvalue weighted by atomic mass is 9.99. The molecule has 0 aromatic heterocycles. The van der Waals surface area contributed by atoms with Crippen LogP contribution in [0.4, 0.5) is 0 Å². The highest BCUT2D eigenvalue weighted by molar-refractivity contribution is 5.70. The van der Waals surface area contributed by atoms with Gasteiger partial charge < -0.3 is 39.4 Å². The molecule has 0 aromatic rings. The Morgan fingerprint density at radius 3 is 1.52 bits per heavy atom. The van der Waals surface area contributed by atoms with Gasteiger partial charge in [0, 0.05) is 12.8 Å². The topological polar surface area (TPSA) is 152 Å². The second-order valence-electron chi connectivity index (χ2n) is 16.2. The summed E-state index contributed by atoms with van der Waals surface area (Å²) in [5.74, 6) is -0.907. The highest BCUT2D eigenvalue weighted by Crippen LogP contribution is 2.22. The summed E-state index contributed by atoms with van der Waals surface area (Å²) in [6.07, 6.45) is 45.0. The molecule has 1 fully saturated rings. The van der Waals surface area contributed by atoms with E-state index >= 15 is 0 Å². The average Bonchev–Trinajstić information content (AvgIpc) is 3.26. The lowest BCUT2D eigenvalue weighted by Gasteiger charge is -2.39. The third-order valence-electron chi connectivity index (χ3n) is 10.6. The van der Waals surface area contributed by atoms with E-state index in [1.54, 1.807) is 0 Å². The fraction of sp³-hybridized carbons (Fsp3) is 0.725. The molecule has 1 saturated heterocycles. The molecule has 6 atom stereocenters. The fourth-order valence-electron chi connectivity index (χ4n) is 6.82. The number of hydrogen-bond acceptors (Lipinski definition) is 10. The Balaban J connectivity index is 2.28. The number of aliphatic hydroxyl groups is 4. The highest BCUT2D eigenvalue weighted by Gasteiger charge is 2.44. The van der Waals surface area contributed by atoms with Crippen molar-refractivity contribution in [1.29, 1.82) is 0 Å². The van der Waals surface area contributed by atoms with Gasteiger partial charge in [0.25, 0.3) is 0 Å². The van der Waals surface area contributed by atoms with Crippen molar-refractivity contribution in [3.05, 3.63) is 72.9 Å². The minimum absolute atomic E-state index is 0.106. The fourth-order valence-corrected chi connectivity index (χ4v) is 6.82. The molecule has 1 rings (SSSR count). The molecule has 1 aliphatic heterocycles. The molecule has 1 aliphatic rings. The smallest absolute Gasteiger partial charge is 0.306 e. The van der Waals surface area contributed by atoms with E-state index < -0.39 is 55.4 Å². The molecule has 0 bridgehead atoms. The number of esters is 2. The third kappa shape index (κ3) is 32.5. The molecule has 0 aliphatic carbocycles. The number of unbranched alkanes of at least 4 members (excludes halogenated alkanes) is 16. The minimum atomic E-state index is -1.61. The monoisotopic (exact) mass is 859 g/mol. The third-order valence-corrected chi connectivity index (χ3v) is 10.6. The Labute approximate surface area is 370 Å². The number of rotatable bonds is 39. The Bertz CT molecular complexity index is 1220. The van der Waals surface area contributed by atoms with Crippen molar-refractivity contribution in [1.82, 2.24) is 0 Å². The van der Waals surface area contributed by atoms with Crippen molar-refractivity contribution < 1.29 is 49.0 Å². The first-order chi connectivity index (χ1) is 29.8. The Morgan fingerprint density at radius 1 is 0.525 bits per heavy atom. The van der Waals surface area contributed by atoms with Crippen molar-refractivity contribution in [3.63, 3.8) is 0 Å². The normalized spacial score (nSPS) is 20.4. The van der Waals surface area contributed by atoms with Crippen LogP contribution >= 0.6 is 0 Å². The molecule has 0 saturated carbocycles. The maximum atomic E-state index is 12.7. The quantitative estimate of drug-likeness (QED) is 0.0267. The molecule has 61 heavy (non-hydrogen) atoms. The summed E-state index contributed by atoms with van der Waals surface area (Å²) in [7, 11) is 0. The summed E-state index contributed by atoms with van der Waals surface area (Å²) in [5.41, 5.74) is 0. The number of ether oxygens (including phenoxy) is 4. The number of allylic oxidation sites excluding steroid dienone is 12. The summed E-state index contributed by atoms with van der Waals surface area (Å²) in [5, 5.41) is 40.1. The van der Waals surface area contributed by atoms with Crippen LogP contribution in [-0.2, 0) is 28.5 Å². The van der Waals surface area contributed by atoms with Gasteiger partial charge in [-0.1, -0.05) is 170 Å². The largest absolute Gasteiger partial charge is 0.462 e. The van der Waals surface area contributed by atoms with Crippen molar-refractivity contribution in [2.45, 2.75) is 218 Å². The Kier molecular flexibility index (Phi) is 37.9. The van der Waals surface area contributed by atoms with Crippen molar-refractivity contribution >= 4 is 11.9 Å². The first-order valence-electron chi connectivity index (χ1n) is 24.0. The standard InChI is InChI=1S/C51H86O10/c1-3-5-7-9-11-13-15-17-18-19-20-21-22-23-24-25-26-28-29-31-33-35-37-39-46(53)58-42-44(43-59-51-50(57)49(56)48(55)45(41-52)61-51)60-47(54)40-38-36-34-32-30-27-16-14-12-10-8-6-4-2/h6,8,12,14-15,17,19-20,27,30,34,36,44-45,48-52,55-57H,3-5,7,9-11,13,16,18,21-26,28-29,31-33,35,37-43H2,1-2H3/b8-6-,14-12-,17-15-,20-19-,30-27-,36-34-. The van der Waals surface area contributed by atoms with Gasteiger partial charge in [-0.25, -0.2) is 0 Å². The van der Waals surface area contributed by atoms with Crippen molar-refractivity contribution in [3.8, 4) is 0 Å². The molecular formula is C51H86O10. The van der Waals surface area contributed by atoms with E-state index in [2.05, 4.69) is 74.6 Å². The van der Waals surface area contributed by atoms with Crippen LogP contribution in [0, 0.1) is 0 Å². The van der Waals surface area contributed by atoms with Crippen LogP contribution in [-0.4, -0.2) is 89.0 Å². The molecule has 0 amide bonds. The maximum Gasteiger partial charge on any atom is 0.306 e. The summed E-state index contributed by atoms with van der Waals surface area (Å²) in [6, 6.07) is 0. The van der Waals surface area contributed by atoms with E-state index in [0.717, 1.165) is 51.4 Å². The minimum Gasteiger partial charge on any atom is -0.462 e. The van der Waals surface area contributed by atoms with Gasteiger partial charge in [0.15, 0.2) is 12.4 Å². The molecule has 10 heteroatoms. The number of aliphatic hydroxyl groups excluding tert-OH is 4. The summed E-state index contributed by atoms with van der Waals surface area (Å²) < 4.78 is 22.1. The van der Waals surface area contributed by atoms with Crippen LogP contribution in [0.25, 0.3) is 0 Å². The first-order valence-corrected chi connectivity index (χ1v) is 24.0. The van der Waals surface area contributed by atoms with Crippen LogP contribution in [0.1, 0.15) is 181 Å². The van der Waals surface area contributed by atoms with Crippen molar-refractivity contribution in [2.24, 2.45) is 0 Å². The molecule has 350 valence electrons. The van der Waals surface area contributed by atoms with Gasteiger partial charge >= 0.3 is 11.9 Å². The van der Waals surface area contributed by atoms with E-state index in [9.17, 15) is 30.0 Å². The summed E-state index contributed by atoms with van der Waals surface area (Å²) in [6.45, 7) is 3.22. The molecule has 6 unspecified atom stereocenters. The van der Waals surface area contributed by atoms with Gasteiger partial charge in [-0.05, 0) is 70.6 Å². The Morgan fingerprint density at radius 2 is 1.00 bits per heavy atom. The van der Waals surface area contributed by atoms with Crippen LogP contribution in [0.5, 0.6) is 0 Å². The average molecular weight is 859 g/mol. The van der Waals surface area contributed by atoms with E-state index in [1.807, 2.05) is 12.2 Å².